The number of carbonyl (C=O) groups excluding carboxylic acids is 2. The van der Waals surface area contributed by atoms with E-state index in [-0.39, 0.29) is 29.8 Å². The van der Waals surface area contributed by atoms with Crippen LogP contribution in [0.15, 0.2) is 52.8 Å². The van der Waals surface area contributed by atoms with E-state index in [1.165, 1.54) is 17.4 Å². The van der Waals surface area contributed by atoms with Crippen LogP contribution in [0.1, 0.15) is 19.3 Å². The lowest BCUT2D eigenvalue weighted by Gasteiger charge is -2.19. The Balaban J connectivity index is 1.53. The summed E-state index contributed by atoms with van der Waals surface area (Å²) < 4.78 is 7.48. The first-order valence-electron chi connectivity index (χ1n) is 11.3. The van der Waals surface area contributed by atoms with Crippen molar-refractivity contribution in [3.8, 4) is 17.0 Å². The molecule has 10 nitrogen and oxygen atoms in total. The molecule has 3 aromatic rings. The van der Waals surface area contributed by atoms with Gasteiger partial charge in [0.1, 0.15) is 11.4 Å². The van der Waals surface area contributed by atoms with Crippen LogP contribution in [0.5, 0.6) is 5.75 Å². The first-order valence-corrected chi connectivity index (χ1v) is 12.2. The topological polar surface area (TPSA) is 119 Å². The highest BCUT2D eigenvalue weighted by atomic mass is 32.1. The Morgan fingerprint density at radius 2 is 2.03 bits per heavy atom. The normalized spacial score (nSPS) is 15.7. The van der Waals surface area contributed by atoms with Gasteiger partial charge in [-0.25, -0.2) is 4.99 Å². The summed E-state index contributed by atoms with van der Waals surface area (Å²) in [6.07, 6.45) is 2.19. The van der Waals surface area contributed by atoms with Crippen molar-refractivity contribution in [2.24, 2.45) is 4.99 Å². The quantitative estimate of drug-likeness (QED) is 0.398. The number of aromatic nitrogens is 1. The molecule has 2 aliphatic rings. The van der Waals surface area contributed by atoms with Crippen LogP contribution in [0.25, 0.3) is 11.3 Å². The number of hydrogen-bond donors (Lipinski definition) is 1. The summed E-state index contributed by atoms with van der Waals surface area (Å²) in [6.45, 7) is 1.97. The standard InChI is InChI=1S/C24H23N5O5S/c30-22-14-34-21-9-8-16(13-18(21)25-22)20-15-35-24(26-17-5-1-2-6-19(17)29(32)33)28(20)12-4-11-27-10-3-7-23(27)31/h1-2,5-6,8-9,13,15H,3-4,7,10-12,14H2,(H,25,30). The fourth-order valence-electron chi connectivity index (χ4n) is 4.28. The highest BCUT2D eigenvalue weighted by Gasteiger charge is 2.21. The zero-order chi connectivity index (χ0) is 24.4. The molecule has 0 bridgehead atoms. The second-order valence-corrected chi connectivity index (χ2v) is 9.14. The highest BCUT2D eigenvalue weighted by Crippen LogP contribution is 2.33. The number of nitrogens with one attached hydrogen (secondary N) is 1. The smallest absolute Gasteiger partial charge is 0.294 e. The van der Waals surface area contributed by atoms with Crippen LogP contribution in [-0.4, -0.2) is 45.9 Å². The van der Waals surface area contributed by atoms with Crippen molar-refractivity contribution >= 4 is 40.2 Å². The molecule has 1 N–H and O–H groups in total. The lowest BCUT2D eigenvalue weighted by molar-refractivity contribution is -0.384. The van der Waals surface area contributed by atoms with E-state index in [2.05, 4.69) is 10.3 Å². The van der Waals surface area contributed by atoms with Crippen molar-refractivity contribution in [2.45, 2.75) is 25.8 Å². The highest BCUT2D eigenvalue weighted by molar-refractivity contribution is 7.07. The molecule has 0 aliphatic carbocycles. The molecule has 1 aromatic heterocycles. The molecular weight excluding hydrogens is 470 g/mol. The summed E-state index contributed by atoms with van der Waals surface area (Å²) in [5.41, 5.74) is 2.52. The second-order valence-electron chi connectivity index (χ2n) is 8.30. The summed E-state index contributed by atoms with van der Waals surface area (Å²) in [7, 11) is 0. The molecule has 2 aromatic carbocycles. The maximum Gasteiger partial charge on any atom is 0.294 e. The van der Waals surface area contributed by atoms with Crippen molar-refractivity contribution in [2.75, 3.05) is 25.0 Å². The molecular formula is C24H23N5O5S. The van der Waals surface area contributed by atoms with Crippen LogP contribution >= 0.6 is 11.3 Å². The van der Waals surface area contributed by atoms with Gasteiger partial charge in [0.15, 0.2) is 11.4 Å². The number of amides is 2. The van der Waals surface area contributed by atoms with Gasteiger partial charge in [-0.3, -0.25) is 19.7 Å². The number of rotatable bonds is 7. The van der Waals surface area contributed by atoms with Gasteiger partial charge in [0.2, 0.25) is 5.91 Å². The predicted octanol–water partition coefficient (Wildman–Crippen LogP) is 3.70. The van der Waals surface area contributed by atoms with E-state index in [0.29, 0.717) is 42.2 Å². The summed E-state index contributed by atoms with van der Waals surface area (Å²) in [5, 5.41) is 16.3. The molecule has 35 heavy (non-hydrogen) atoms. The number of benzene rings is 2. The number of para-hydroxylation sites is 2. The van der Waals surface area contributed by atoms with E-state index in [4.69, 9.17) is 4.74 Å². The zero-order valence-electron chi connectivity index (χ0n) is 18.8. The number of nitrogens with zero attached hydrogens (tertiary/aromatic N) is 4. The molecule has 2 aliphatic heterocycles. The summed E-state index contributed by atoms with van der Waals surface area (Å²) in [4.78, 5) is 42.0. The molecule has 0 atom stereocenters. The molecule has 11 heteroatoms. The van der Waals surface area contributed by atoms with Crippen molar-refractivity contribution < 1.29 is 19.2 Å². The fourth-order valence-corrected chi connectivity index (χ4v) is 5.23. The SMILES string of the molecule is O=C1COc2ccc(-c3csc(=Nc4ccccc4[N+](=O)[O-])n3CCCN3CCCC3=O)cc2N1. The first kappa shape index (κ1) is 22.8. The molecule has 5 rings (SSSR count). The Kier molecular flexibility index (Phi) is 6.32. The molecule has 0 radical (unpaired) electrons. The van der Waals surface area contributed by atoms with Crippen molar-refractivity contribution in [3.05, 3.63) is 62.8 Å². The molecule has 1 fully saturated rings. The van der Waals surface area contributed by atoms with E-state index in [1.54, 1.807) is 18.2 Å². The first-order chi connectivity index (χ1) is 17.0. The number of ether oxygens (including phenoxy) is 1. The lowest BCUT2D eigenvalue weighted by Crippen LogP contribution is -2.27. The summed E-state index contributed by atoms with van der Waals surface area (Å²) >= 11 is 1.38. The van der Waals surface area contributed by atoms with E-state index in [0.717, 1.165) is 24.2 Å². The van der Waals surface area contributed by atoms with Gasteiger partial charge in [0.25, 0.3) is 11.6 Å². The Hall–Kier alpha value is -3.99. The number of nitro groups is 1. The fraction of sp³-hybridized carbons (Fsp3) is 0.292. The number of thiazole rings is 1. The van der Waals surface area contributed by atoms with Gasteiger partial charge in [-0.15, -0.1) is 11.3 Å². The molecule has 1 saturated heterocycles. The van der Waals surface area contributed by atoms with Gasteiger partial charge >= 0.3 is 0 Å². The van der Waals surface area contributed by atoms with Crippen molar-refractivity contribution in [3.63, 3.8) is 0 Å². The minimum absolute atomic E-state index is 0.0150. The van der Waals surface area contributed by atoms with E-state index < -0.39 is 4.92 Å². The Morgan fingerprint density at radius 1 is 1.17 bits per heavy atom. The van der Waals surface area contributed by atoms with Gasteiger partial charge in [-0.2, -0.15) is 0 Å². The van der Waals surface area contributed by atoms with Crippen molar-refractivity contribution in [1.82, 2.24) is 9.47 Å². The third kappa shape index (κ3) is 4.80. The Morgan fingerprint density at radius 3 is 2.83 bits per heavy atom. The maximum atomic E-state index is 12.0. The van der Waals surface area contributed by atoms with E-state index in [1.807, 2.05) is 33.0 Å². The average Bonchev–Trinajstić information content (AvgIpc) is 3.44. The minimum Gasteiger partial charge on any atom is -0.482 e. The van der Waals surface area contributed by atoms with Gasteiger partial charge in [-0.1, -0.05) is 12.1 Å². The van der Waals surface area contributed by atoms with Gasteiger partial charge in [-0.05, 0) is 37.1 Å². The lowest BCUT2D eigenvalue weighted by atomic mass is 10.1. The number of hydrogen-bond acceptors (Lipinski definition) is 7. The van der Waals surface area contributed by atoms with Crippen molar-refractivity contribution in [1.29, 1.82) is 0 Å². The van der Waals surface area contributed by atoms with Crippen LogP contribution in [0.2, 0.25) is 0 Å². The summed E-state index contributed by atoms with van der Waals surface area (Å²) in [5.74, 6) is 0.568. The molecule has 180 valence electrons. The monoisotopic (exact) mass is 493 g/mol. The number of likely N-dealkylation sites (tertiary alicyclic amines) is 1. The van der Waals surface area contributed by atoms with Gasteiger partial charge < -0.3 is 19.5 Å². The Bertz CT molecular complexity index is 1380. The van der Waals surface area contributed by atoms with Gasteiger partial charge in [0.05, 0.1) is 16.3 Å². The summed E-state index contributed by atoms with van der Waals surface area (Å²) in [6, 6.07) is 12.0. The van der Waals surface area contributed by atoms with Crippen LogP contribution in [0.4, 0.5) is 17.1 Å². The molecule has 3 heterocycles. The number of fused-ring (bicyclic) bond motifs is 1. The predicted molar refractivity (Wildman–Crippen MR) is 131 cm³/mol. The number of carbonyl (C=O) groups is 2. The number of anilines is 1. The van der Waals surface area contributed by atoms with Crippen LogP contribution < -0.4 is 14.9 Å². The molecule has 0 unspecified atom stereocenters. The average molecular weight is 494 g/mol. The van der Waals surface area contributed by atoms with Crippen LogP contribution in [-0.2, 0) is 16.1 Å². The van der Waals surface area contributed by atoms with Crippen LogP contribution in [0.3, 0.4) is 0 Å². The zero-order valence-corrected chi connectivity index (χ0v) is 19.6. The minimum atomic E-state index is -0.442. The molecule has 0 spiro atoms. The molecule has 2 amide bonds. The maximum absolute atomic E-state index is 12.0. The number of nitro benzene ring substituents is 1. The van der Waals surface area contributed by atoms with Gasteiger partial charge in [0, 0.05) is 43.1 Å². The largest absolute Gasteiger partial charge is 0.482 e. The Labute approximate surface area is 204 Å². The van der Waals surface area contributed by atoms with E-state index >= 15 is 0 Å². The van der Waals surface area contributed by atoms with Crippen LogP contribution in [0, 0.1) is 10.1 Å². The van der Waals surface area contributed by atoms with E-state index in [9.17, 15) is 19.7 Å². The third-order valence-corrected chi connectivity index (χ3v) is 6.85. The third-order valence-electron chi connectivity index (χ3n) is 5.98. The second kappa shape index (κ2) is 9.71. The molecule has 0 saturated carbocycles.